The molecule has 2 nitrogen and oxygen atoms in total. The topological polar surface area (TPSA) is 32.3 Å². The van der Waals surface area contributed by atoms with E-state index < -0.39 is 5.60 Å². The Morgan fingerprint density at radius 2 is 2.00 bits per heavy atom. The van der Waals surface area contributed by atoms with E-state index in [2.05, 4.69) is 19.2 Å². The standard InChI is InChI=1S/C13H25NO/c1-10(2)11-6-3-4-8-13(11,15)12-7-5-9-14-12/h10-12,14-15H,3-9H2,1-2H3. The van der Waals surface area contributed by atoms with Crippen LogP contribution in [0, 0.1) is 11.8 Å². The zero-order valence-corrected chi connectivity index (χ0v) is 10.1. The lowest BCUT2D eigenvalue weighted by atomic mass is 9.66. The maximum Gasteiger partial charge on any atom is 0.0830 e. The normalized spacial score (nSPS) is 42.4. The van der Waals surface area contributed by atoms with Gasteiger partial charge in [-0.3, -0.25) is 0 Å². The van der Waals surface area contributed by atoms with Gasteiger partial charge in [0, 0.05) is 6.04 Å². The molecule has 15 heavy (non-hydrogen) atoms. The first-order valence-electron chi connectivity index (χ1n) is 6.60. The minimum Gasteiger partial charge on any atom is -0.388 e. The summed E-state index contributed by atoms with van der Waals surface area (Å²) in [4.78, 5) is 0. The van der Waals surface area contributed by atoms with Crippen LogP contribution in [0.2, 0.25) is 0 Å². The predicted octanol–water partition coefficient (Wildman–Crippen LogP) is 2.32. The van der Waals surface area contributed by atoms with Crippen molar-refractivity contribution in [3.63, 3.8) is 0 Å². The van der Waals surface area contributed by atoms with Gasteiger partial charge in [0.15, 0.2) is 0 Å². The van der Waals surface area contributed by atoms with E-state index in [-0.39, 0.29) is 0 Å². The highest BCUT2D eigenvalue weighted by Gasteiger charge is 2.46. The van der Waals surface area contributed by atoms with Gasteiger partial charge in [-0.2, -0.15) is 0 Å². The summed E-state index contributed by atoms with van der Waals surface area (Å²) in [7, 11) is 0. The molecule has 0 aromatic carbocycles. The summed E-state index contributed by atoms with van der Waals surface area (Å²) in [5.74, 6) is 1.11. The van der Waals surface area contributed by atoms with Crippen LogP contribution in [-0.2, 0) is 0 Å². The third-order valence-electron chi connectivity index (χ3n) is 4.45. The van der Waals surface area contributed by atoms with Crippen LogP contribution in [-0.4, -0.2) is 23.3 Å². The van der Waals surface area contributed by atoms with Gasteiger partial charge in [-0.25, -0.2) is 0 Å². The maximum absolute atomic E-state index is 10.9. The van der Waals surface area contributed by atoms with E-state index in [9.17, 15) is 5.11 Å². The van der Waals surface area contributed by atoms with Crippen molar-refractivity contribution in [2.45, 2.75) is 64.0 Å². The minimum atomic E-state index is -0.414. The fourth-order valence-corrected chi connectivity index (χ4v) is 3.66. The summed E-state index contributed by atoms with van der Waals surface area (Å²) in [5.41, 5.74) is -0.414. The van der Waals surface area contributed by atoms with Crippen molar-refractivity contribution in [1.82, 2.24) is 5.32 Å². The maximum atomic E-state index is 10.9. The van der Waals surface area contributed by atoms with Gasteiger partial charge in [0.25, 0.3) is 0 Å². The molecule has 2 fully saturated rings. The number of nitrogens with one attached hydrogen (secondary N) is 1. The highest BCUT2D eigenvalue weighted by atomic mass is 16.3. The van der Waals surface area contributed by atoms with Crippen molar-refractivity contribution in [2.75, 3.05) is 6.54 Å². The van der Waals surface area contributed by atoms with E-state index in [1.54, 1.807) is 0 Å². The number of hydrogen-bond acceptors (Lipinski definition) is 2. The lowest BCUT2D eigenvalue weighted by molar-refractivity contribution is -0.0888. The Balaban J connectivity index is 2.13. The van der Waals surface area contributed by atoms with E-state index in [0.717, 1.165) is 13.0 Å². The highest BCUT2D eigenvalue weighted by molar-refractivity contribution is 5.01. The van der Waals surface area contributed by atoms with E-state index >= 15 is 0 Å². The van der Waals surface area contributed by atoms with Gasteiger partial charge in [0.05, 0.1) is 5.60 Å². The van der Waals surface area contributed by atoms with E-state index in [0.29, 0.717) is 17.9 Å². The molecular weight excluding hydrogens is 186 g/mol. The van der Waals surface area contributed by atoms with E-state index in [4.69, 9.17) is 0 Å². The molecular formula is C13H25NO. The molecule has 3 atom stereocenters. The first kappa shape index (κ1) is 11.4. The smallest absolute Gasteiger partial charge is 0.0830 e. The van der Waals surface area contributed by atoms with Crippen LogP contribution in [0.5, 0.6) is 0 Å². The molecule has 1 aliphatic carbocycles. The van der Waals surface area contributed by atoms with Gasteiger partial charge in [-0.05, 0) is 44.1 Å². The molecule has 1 saturated carbocycles. The number of aliphatic hydroxyl groups is 1. The third kappa shape index (κ3) is 2.07. The van der Waals surface area contributed by atoms with Crippen LogP contribution < -0.4 is 5.32 Å². The minimum absolute atomic E-state index is 0.366. The molecule has 2 N–H and O–H groups in total. The predicted molar refractivity (Wildman–Crippen MR) is 62.8 cm³/mol. The zero-order valence-electron chi connectivity index (χ0n) is 10.1. The van der Waals surface area contributed by atoms with Gasteiger partial charge < -0.3 is 10.4 Å². The molecule has 1 saturated heterocycles. The summed E-state index contributed by atoms with van der Waals surface area (Å²) < 4.78 is 0. The van der Waals surface area contributed by atoms with Gasteiger partial charge >= 0.3 is 0 Å². The Morgan fingerprint density at radius 3 is 2.60 bits per heavy atom. The van der Waals surface area contributed by atoms with Crippen LogP contribution in [0.25, 0.3) is 0 Å². The molecule has 3 unspecified atom stereocenters. The summed E-state index contributed by atoms with van der Waals surface area (Å²) in [6.07, 6.45) is 7.13. The molecule has 0 bridgehead atoms. The Kier molecular flexibility index (Phi) is 3.36. The second kappa shape index (κ2) is 4.42. The van der Waals surface area contributed by atoms with Gasteiger partial charge in [-0.15, -0.1) is 0 Å². The highest BCUT2D eigenvalue weighted by Crippen LogP contribution is 2.42. The molecule has 0 radical (unpaired) electrons. The van der Waals surface area contributed by atoms with Crippen molar-refractivity contribution < 1.29 is 5.11 Å². The van der Waals surface area contributed by atoms with Gasteiger partial charge in [-0.1, -0.05) is 26.7 Å². The van der Waals surface area contributed by atoms with Crippen molar-refractivity contribution in [1.29, 1.82) is 0 Å². The second-order valence-electron chi connectivity index (χ2n) is 5.74. The van der Waals surface area contributed by atoms with Crippen LogP contribution in [0.1, 0.15) is 52.4 Å². The molecule has 0 spiro atoms. The quantitative estimate of drug-likeness (QED) is 0.734. The second-order valence-corrected chi connectivity index (χ2v) is 5.74. The summed E-state index contributed by atoms with van der Waals surface area (Å²) >= 11 is 0. The molecule has 88 valence electrons. The Labute approximate surface area is 93.5 Å². The average Bonchev–Trinajstić information content (AvgIpc) is 2.71. The summed E-state index contributed by atoms with van der Waals surface area (Å²) in [5, 5.41) is 14.4. The van der Waals surface area contributed by atoms with Crippen molar-refractivity contribution in [3.8, 4) is 0 Å². The lowest BCUT2D eigenvalue weighted by Gasteiger charge is -2.46. The largest absolute Gasteiger partial charge is 0.388 e. The van der Waals surface area contributed by atoms with Crippen LogP contribution in [0.15, 0.2) is 0 Å². The molecule has 2 aliphatic rings. The Bertz CT molecular complexity index is 211. The fraction of sp³-hybridized carbons (Fsp3) is 1.00. The van der Waals surface area contributed by atoms with Gasteiger partial charge in [0.2, 0.25) is 0 Å². The molecule has 1 heterocycles. The monoisotopic (exact) mass is 211 g/mol. The Morgan fingerprint density at radius 1 is 1.20 bits per heavy atom. The van der Waals surface area contributed by atoms with Crippen LogP contribution in [0.3, 0.4) is 0 Å². The Hall–Kier alpha value is -0.0800. The molecule has 0 aromatic heterocycles. The first-order valence-corrected chi connectivity index (χ1v) is 6.60. The van der Waals surface area contributed by atoms with Crippen molar-refractivity contribution >= 4 is 0 Å². The molecule has 1 aliphatic heterocycles. The zero-order chi connectivity index (χ0) is 10.9. The average molecular weight is 211 g/mol. The van der Waals surface area contributed by atoms with Crippen LogP contribution >= 0.6 is 0 Å². The van der Waals surface area contributed by atoms with Crippen LogP contribution in [0.4, 0.5) is 0 Å². The fourth-order valence-electron chi connectivity index (χ4n) is 3.66. The third-order valence-corrected chi connectivity index (χ3v) is 4.45. The lowest BCUT2D eigenvalue weighted by Crippen LogP contribution is -2.55. The summed E-state index contributed by atoms with van der Waals surface area (Å²) in [6.45, 7) is 5.61. The molecule has 2 heteroatoms. The SMILES string of the molecule is CC(C)C1CCCCC1(O)C1CCCN1. The molecule has 2 rings (SSSR count). The van der Waals surface area contributed by atoms with E-state index in [1.807, 2.05) is 0 Å². The van der Waals surface area contributed by atoms with Crippen molar-refractivity contribution in [3.05, 3.63) is 0 Å². The molecule has 0 amide bonds. The van der Waals surface area contributed by atoms with Gasteiger partial charge in [0.1, 0.15) is 0 Å². The number of rotatable bonds is 2. The first-order chi connectivity index (χ1) is 7.14. The molecule has 0 aromatic rings. The van der Waals surface area contributed by atoms with Crippen molar-refractivity contribution in [2.24, 2.45) is 11.8 Å². The number of hydrogen-bond donors (Lipinski definition) is 2. The van der Waals surface area contributed by atoms with E-state index in [1.165, 1.54) is 32.1 Å². The summed E-state index contributed by atoms with van der Waals surface area (Å²) in [6, 6.07) is 0.366.